The molecular formula is C33H35FN6O5. The number of benzene rings is 2. The molecule has 45 heavy (non-hydrogen) atoms. The van der Waals surface area contributed by atoms with Crippen LogP contribution in [0.5, 0.6) is 29.0 Å². The standard InChI is InChI=1S/C33H35FN6O5/c1-7-18(2)31(42)39(32(43)33(4,5)6)23-15-22-20(13-25(23)41)14-29(38-22)45-27-17-37-40(30(27)35)24-16-36-28(12-19(24)3)44-26-11-9-8-10-21(26)34/h8-18,38,41H,7,35H2,1-6H3. The van der Waals surface area contributed by atoms with Gasteiger partial charge in [-0.05, 0) is 43.2 Å². The largest absolute Gasteiger partial charge is 0.506 e. The number of pyridine rings is 1. The summed E-state index contributed by atoms with van der Waals surface area (Å²) < 4.78 is 27.1. The van der Waals surface area contributed by atoms with E-state index in [0.29, 0.717) is 34.5 Å². The lowest BCUT2D eigenvalue weighted by atomic mass is 9.93. The summed E-state index contributed by atoms with van der Waals surface area (Å²) in [6.45, 7) is 10.6. The maximum absolute atomic E-state index is 14.0. The number of halogens is 1. The SMILES string of the molecule is CCC(C)C(=O)N(C(=O)C(C)(C)C)c1cc2[nH]c(Oc3cnn(-c4cnc(Oc5ccccc5F)cc4C)c3N)cc2cc1O. The number of nitrogens with one attached hydrogen (secondary N) is 1. The Hall–Kier alpha value is -5.39. The lowest BCUT2D eigenvalue weighted by Crippen LogP contribution is -2.46. The lowest BCUT2D eigenvalue weighted by Gasteiger charge is -2.30. The first kappa shape index (κ1) is 31.0. The van der Waals surface area contributed by atoms with Gasteiger partial charge in [-0.15, -0.1) is 0 Å². The van der Waals surface area contributed by atoms with E-state index in [1.54, 1.807) is 58.0 Å². The van der Waals surface area contributed by atoms with E-state index in [2.05, 4.69) is 15.1 Å². The highest BCUT2D eigenvalue weighted by molar-refractivity contribution is 6.18. The number of anilines is 2. The molecule has 3 aromatic heterocycles. The fourth-order valence-electron chi connectivity index (χ4n) is 4.60. The molecule has 0 saturated carbocycles. The van der Waals surface area contributed by atoms with Crippen molar-refractivity contribution in [1.82, 2.24) is 19.7 Å². The average molecular weight is 615 g/mol. The molecule has 1 atom stereocenters. The van der Waals surface area contributed by atoms with Crippen LogP contribution < -0.4 is 20.1 Å². The third kappa shape index (κ3) is 6.17. The summed E-state index contributed by atoms with van der Waals surface area (Å²) in [6.07, 6.45) is 3.49. The van der Waals surface area contributed by atoms with Gasteiger partial charge in [0.15, 0.2) is 29.0 Å². The number of aromatic amines is 1. The van der Waals surface area contributed by atoms with Crippen LogP contribution in [0.3, 0.4) is 0 Å². The van der Waals surface area contributed by atoms with E-state index >= 15 is 0 Å². The van der Waals surface area contributed by atoms with Gasteiger partial charge >= 0.3 is 0 Å². The van der Waals surface area contributed by atoms with Crippen molar-refractivity contribution in [3.05, 3.63) is 72.3 Å². The van der Waals surface area contributed by atoms with E-state index < -0.39 is 29.0 Å². The summed E-state index contributed by atoms with van der Waals surface area (Å²) in [7, 11) is 0. The number of para-hydroxylation sites is 1. The van der Waals surface area contributed by atoms with Crippen molar-refractivity contribution in [2.45, 2.75) is 48.0 Å². The van der Waals surface area contributed by atoms with Crippen LogP contribution in [0.2, 0.25) is 0 Å². The number of nitrogens with two attached hydrogens (primary N) is 1. The predicted octanol–water partition coefficient (Wildman–Crippen LogP) is 7.02. The lowest BCUT2D eigenvalue weighted by molar-refractivity contribution is -0.132. The van der Waals surface area contributed by atoms with Gasteiger partial charge in [0.05, 0.1) is 29.3 Å². The van der Waals surface area contributed by atoms with Crippen LogP contribution >= 0.6 is 0 Å². The number of phenols is 1. The number of aromatic nitrogens is 4. The van der Waals surface area contributed by atoms with Gasteiger partial charge in [-0.2, -0.15) is 5.10 Å². The molecule has 5 aromatic rings. The average Bonchev–Trinajstić information content (AvgIpc) is 3.55. The molecule has 12 heteroatoms. The Bertz CT molecular complexity index is 1910. The van der Waals surface area contributed by atoms with Crippen molar-refractivity contribution in [3.8, 4) is 34.7 Å². The van der Waals surface area contributed by atoms with Gasteiger partial charge in [0.1, 0.15) is 5.75 Å². The Kier molecular flexibility index (Phi) is 8.24. The number of amides is 2. The molecule has 0 bridgehead atoms. The summed E-state index contributed by atoms with van der Waals surface area (Å²) in [5, 5.41) is 15.9. The van der Waals surface area contributed by atoms with Gasteiger partial charge in [-0.25, -0.2) is 19.0 Å². The number of H-pyrrole nitrogens is 1. The summed E-state index contributed by atoms with van der Waals surface area (Å²) in [5.74, 6) is -0.994. The first-order chi connectivity index (χ1) is 21.3. The van der Waals surface area contributed by atoms with E-state index in [1.807, 2.05) is 13.8 Å². The fraction of sp³-hybridized carbons (Fsp3) is 0.273. The Morgan fingerprint density at radius 2 is 1.84 bits per heavy atom. The van der Waals surface area contributed by atoms with Gasteiger partial charge in [-0.3, -0.25) is 9.59 Å². The monoisotopic (exact) mass is 614 g/mol. The molecule has 2 amide bonds. The first-order valence-corrected chi connectivity index (χ1v) is 14.4. The van der Waals surface area contributed by atoms with Gasteiger partial charge in [0.25, 0.3) is 0 Å². The van der Waals surface area contributed by atoms with Crippen LogP contribution in [-0.4, -0.2) is 36.7 Å². The number of carbonyl (C=O) groups excluding carboxylic acids is 2. The highest BCUT2D eigenvalue weighted by Gasteiger charge is 2.36. The zero-order valence-corrected chi connectivity index (χ0v) is 25.9. The van der Waals surface area contributed by atoms with Gasteiger partial charge < -0.3 is 25.3 Å². The van der Waals surface area contributed by atoms with Crippen molar-refractivity contribution < 1.29 is 28.6 Å². The smallest absolute Gasteiger partial charge is 0.239 e. The molecule has 0 spiro atoms. The molecule has 0 saturated heterocycles. The van der Waals surface area contributed by atoms with E-state index in [9.17, 15) is 19.1 Å². The number of nitrogens with zero attached hydrogens (tertiary/aromatic N) is 4. The summed E-state index contributed by atoms with van der Waals surface area (Å²) in [6, 6.07) is 12.4. The van der Waals surface area contributed by atoms with E-state index in [1.165, 1.54) is 35.3 Å². The topological polar surface area (TPSA) is 149 Å². The zero-order chi connectivity index (χ0) is 32.6. The van der Waals surface area contributed by atoms with E-state index in [0.717, 1.165) is 4.90 Å². The van der Waals surface area contributed by atoms with Gasteiger partial charge in [0, 0.05) is 28.9 Å². The van der Waals surface area contributed by atoms with Crippen molar-refractivity contribution in [3.63, 3.8) is 0 Å². The van der Waals surface area contributed by atoms with Crippen molar-refractivity contribution >= 4 is 34.2 Å². The Balaban J connectivity index is 1.42. The highest BCUT2D eigenvalue weighted by Crippen LogP contribution is 2.38. The minimum atomic E-state index is -0.868. The summed E-state index contributed by atoms with van der Waals surface area (Å²) >= 11 is 0. The number of phenolic OH excluding ortho intramolecular Hbond substituents is 1. The van der Waals surface area contributed by atoms with Crippen LogP contribution in [0.15, 0.2) is 60.9 Å². The van der Waals surface area contributed by atoms with Crippen LogP contribution in [0.25, 0.3) is 16.6 Å². The molecule has 5 rings (SSSR count). The van der Waals surface area contributed by atoms with E-state index in [4.69, 9.17) is 15.2 Å². The Morgan fingerprint density at radius 3 is 2.51 bits per heavy atom. The maximum Gasteiger partial charge on any atom is 0.239 e. The number of carbonyl (C=O) groups is 2. The summed E-state index contributed by atoms with van der Waals surface area (Å²) in [4.78, 5) is 35.1. The molecule has 0 radical (unpaired) electrons. The quantitative estimate of drug-likeness (QED) is 0.169. The molecule has 0 aliphatic carbocycles. The normalized spacial score (nSPS) is 12.2. The van der Waals surface area contributed by atoms with Gasteiger partial charge in [-0.1, -0.05) is 46.8 Å². The highest BCUT2D eigenvalue weighted by atomic mass is 19.1. The second-order valence-corrected chi connectivity index (χ2v) is 11.8. The third-order valence-corrected chi connectivity index (χ3v) is 7.36. The molecular weight excluding hydrogens is 579 g/mol. The number of aryl methyl sites for hydroxylation is 1. The van der Waals surface area contributed by atoms with Crippen LogP contribution in [-0.2, 0) is 9.59 Å². The molecule has 0 aliphatic heterocycles. The van der Waals surface area contributed by atoms with Crippen LogP contribution in [0.1, 0.15) is 46.6 Å². The molecule has 4 N–H and O–H groups in total. The second-order valence-electron chi connectivity index (χ2n) is 11.8. The van der Waals surface area contributed by atoms with Gasteiger partial charge in [0.2, 0.25) is 17.7 Å². The van der Waals surface area contributed by atoms with Crippen LogP contribution in [0, 0.1) is 24.1 Å². The molecule has 1 unspecified atom stereocenters. The molecule has 2 aromatic carbocycles. The molecule has 234 valence electrons. The number of ether oxygens (including phenoxy) is 2. The van der Waals surface area contributed by atoms with Crippen molar-refractivity contribution in [2.75, 3.05) is 10.6 Å². The molecule has 0 fully saturated rings. The van der Waals surface area contributed by atoms with Crippen LogP contribution in [0.4, 0.5) is 15.9 Å². The van der Waals surface area contributed by atoms with Crippen molar-refractivity contribution in [2.24, 2.45) is 11.3 Å². The second kappa shape index (κ2) is 11.9. The number of imide groups is 1. The summed E-state index contributed by atoms with van der Waals surface area (Å²) in [5.41, 5.74) is 7.41. The number of nitrogen functional groups attached to an aromatic ring is 1. The van der Waals surface area contributed by atoms with E-state index in [-0.39, 0.29) is 34.6 Å². The number of fused-ring (bicyclic) bond motifs is 1. The predicted molar refractivity (Wildman–Crippen MR) is 168 cm³/mol. The third-order valence-electron chi connectivity index (χ3n) is 7.36. The number of rotatable bonds is 8. The zero-order valence-electron chi connectivity index (χ0n) is 25.9. The Morgan fingerprint density at radius 1 is 1.11 bits per heavy atom. The number of aromatic hydroxyl groups is 1. The Labute approximate surface area is 259 Å². The maximum atomic E-state index is 14.0. The number of hydrogen-bond donors (Lipinski definition) is 3. The van der Waals surface area contributed by atoms with Crippen molar-refractivity contribution in [1.29, 1.82) is 0 Å². The molecule has 0 aliphatic rings. The first-order valence-electron chi connectivity index (χ1n) is 14.4. The minimum absolute atomic E-state index is 0.0563. The minimum Gasteiger partial charge on any atom is -0.506 e. The fourth-order valence-corrected chi connectivity index (χ4v) is 4.60. The number of hydrogen-bond acceptors (Lipinski definition) is 8. The molecule has 3 heterocycles. The molecule has 11 nitrogen and oxygen atoms in total.